The Morgan fingerprint density at radius 2 is 1.64 bits per heavy atom. The van der Waals surface area contributed by atoms with E-state index in [1.165, 1.54) is 0 Å². The number of hydrogen-bond acceptors (Lipinski definition) is 1. The SMILES string of the molecule is O=P(Cl)(Cl)c1ccc(Br)cc1. The Hall–Kier alpha value is 0.510. The molecule has 0 N–H and O–H groups in total. The molecule has 0 aliphatic carbocycles. The van der Waals surface area contributed by atoms with Crippen molar-refractivity contribution < 1.29 is 4.57 Å². The van der Waals surface area contributed by atoms with Crippen LogP contribution in [0.4, 0.5) is 0 Å². The summed E-state index contributed by atoms with van der Waals surface area (Å²) in [5.41, 5.74) is 0. The molecule has 1 aromatic rings. The molecule has 5 heteroatoms. The second kappa shape index (κ2) is 3.49. The molecule has 0 fully saturated rings. The standard InChI is InChI=1S/C6H4BrCl2OP/c7-5-1-3-6(4-2-5)11(8,9)10/h1-4H. The Labute approximate surface area is 82.8 Å². The summed E-state index contributed by atoms with van der Waals surface area (Å²) in [5.74, 6) is -3.11. The maximum Gasteiger partial charge on any atom is 0.281 e. The van der Waals surface area contributed by atoms with Crippen LogP contribution in [0.2, 0.25) is 0 Å². The molecule has 0 saturated heterocycles. The van der Waals surface area contributed by atoms with Crippen LogP contribution in [-0.2, 0) is 4.57 Å². The van der Waals surface area contributed by atoms with Crippen LogP contribution in [-0.4, -0.2) is 0 Å². The third-order valence-corrected chi connectivity index (χ3v) is 3.73. The predicted molar refractivity (Wildman–Crippen MR) is 53.1 cm³/mol. The van der Waals surface area contributed by atoms with Gasteiger partial charge in [-0.1, -0.05) is 15.9 Å². The minimum atomic E-state index is -3.11. The van der Waals surface area contributed by atoms with Crippen molar-refractivity contribution in [2.45, 2.75) is 0 Å². The first kappa shape index (κ1) is 9.60. The zero-order chi connectivity index (χ0) is 8.48. The highest BCUT2D eigenvalue weighted by Crippen LogP contribution is 2.55. The summed E-state index contributed by atoms with van der Waals surface area (Å²) in [6.45, 7) is 0. The van der Waals surface area contributed by atoms with Crippen LogP contribution in [0.3, 0.4) is 0 Å². The summed E-state index contributed by atoms with van der Waals surface area (Å²) in [6.07, 6.45) is 0. The van der Waals surface area contributed by atoms with Gasteiger partial charge in [0.05, 0.1) is 0 Å². The van der Waals surface area contributed by atoms with Crippen molar-refractivity contribution in [3.63, 3.8) is 0 Å². The first-order valence-electron chi connectivity index (χ1n) is 2.75. The highest BCUT2D eigenvalue weighted by Gasteiger charge is 2.16. The first-order valence-corrected chi connectivity index (χ1v) is 7.06. The van der Waals surface area contributed by atoms with E-state index in [4.69, 9.17) is 22.5 Å². The Morgan fingerprint density at radius 3 is 2.00 bits per heavy atom. The highest BCUT2D eigenvalue weighted by molar-refractivity contribution is 9.10. The van der Waals surface area contributed by atoms with E-state index < -0.39 is 5.85 Å². The maximum atomic E-state index is 11.0. The summed E-state index contributed by atoms with van der Waals surface area (Å²) in [7, 11) is 0. The third-order valence-electron chi connectivity index (χ3n) is 1.13. The van der Waals surface area contributed by atoms with Gasteiger partial charge in [-0.3, -0.25) is 4.57 Å². The van der Waals surface area contributed by atoms with Gasteiger partial charge in [0.2, 0.25) is 0 Å². The van der Waals surface area contributed by atoms with Crippen LogP contribution in [0.1, 0.15) is 0 Å². The quantitative estimate of drug-likeness (QED) is 0.713. The minimum absolute atomic E-state index is 0.462. The summed E-state index contributed by atoms with van der Waals surface area (Å²) in [5, 5.41) is 0.462. The van der Waals surface area contributed by atoms with Crippen LogP contribution in [0, 0.1) is 0 Å². The Balaban J connectivity index is 3.09. The molecule has 60 valence electrons. The van der Waals surface area contributed by atoms with Gasteiger partial charge in [-0.2, -0.15) is 0 Å². The van der Waals surface area contributed by atoms with E-state index in [9.17, 15) is 4.57 Å². The van der Waals surface area contributed by atoms with Gasteiger partial charge in [0, 0.05) is 9.78 Å². The van der Waals surface area contributed by atoms with Crippen molar-refractivity contribution in [1.29, 1.82) is 0 Å². The summed E-state index contributed by atoms with van der Waals surface area (Å²) < 4.78 is 11.9. The second-order valence-electron chi connectivity index (χ2n) is 1.94. The van der Waals surface area contributed by atoms with Crippen molar-refractivity contribution in [1.82, 2.24) is 0 Å². The van der Waals surface area contributed by atoms with E-state index >= 15 is 0 Å². The number of halogens is 3. The number of hydrogen-bond donors (Lipinski definition) is 0. The molecule has 0 aliphatic rings. The van der Waals surface area contributed by atoms with Crippen LogP contribution in [0.25, 0.3) is 0 Å². The molecule has 1 nitrogen and oxygen atoms in total. The molecule has 0 aromatic heterocycles. The van der Waals surface area contributed by atoms with Gasteiger partial charge >= 0.3 is 0 Å². The van der Waals surface area contributed by atoms with Crippen LogP contribution >= 0.6 is 44.3 Å². The monoisotopic (exact) mass is 272 g/mol. The second-order valence-corrected chi connectivity index (χ2v) is 7.67. The molecule has 11 heavy (non-hydrogen) atoms. The van der Waals surface area contributed by atoms with Gasteiger partial charge in [0.15, 0.2) is 0 Å². The normalized spacial score (nSPS) is 11.5. The molecule has 0 saturated carbocycles. The highest BCUT2D eigenvalue weighted by atomic mass is 79.9. The van der Waals surface area contributed by atoms with E-state index in [2.05, 4.69) is 15.9 Å². The van der Waals surface area contributed by atoms with Gasteiger partial charge in [0.1, 0.15) is 0 Å². The molecule has 0 radical (unpaired) electrons. The number of rotatable bonds is 1. The van der Waals surface area contributed by atoms with Crippen LogP contribution in [0.5, 0.6) is 0 Å². The molecule has 0 bridgehead atoms. The molecule has 0 aliphatic heterocycles. The summed E-state index contributed by atoms with van der Waals surface area (Å²) in [6, 6.07) is 6.75. The molecule has 0 heterocycles. The minimum Gasteiger partial charge on any atom is -0.284 e. The van der Waals surface area contributed by atoms with Crippen molar-refractivity contribution >= 4 is 49.6 Å². The van der Waals surface area contributed by atoms with Gasteiger partial charge in [-0.25, -0.2) is 0 Å². The molecular weight excluding hydrogens is 270 g/mol. The van der Waals surface area contributed by atoms with Gasteiger partial charge < -0.3 is 0 Å². The van der Waals surface area contributed by atoms with Crippen molar-refractivity contribution in [2.24, 2.45) is 0 Å². The third kappa shape index (κ3) is 2.79. The summed E-state index contributed by atoms with van der Waals surface area (Å²) in [4.78, 5) is 0. The molecule has 1 rings (SSSR count). The molecule has 0 atom stereocenters. The van der Waals surface area contributed by atoms with E-state index in [-0.39, 0.29) is 0 Å². The largest absolute Gasteiger partial charge is 0.284 e. The first-order chi connectivity index (χ1) is 5.00. The molecular formula is C6H4BrCl2OP. The summed E-state index contributed by atoms with van der Waals surface area (Å²) >= 11 is 14.1. The van der Waals surface area contributed by atoms with Crippen LogP contribution < -0.4 is 5.30 Å². The molecule has 1 aromatic carbocycles. The molecule has 0 unspecified atom stereocenters. The van der Waals surface area contributed by atoms with E-state index in [1.54, 1.807) is 24.3 Å². The fourth-order valence-electron chi connectivity index (χ4n) is 0.615. The number of benzene rings is 1. The van der Waals surface area contributed by atoms with Gasteiger partial charge in [-0.05, 0) is 46.7 Å². The lowest BCUT2D eigenvalue weighted by atomic mass is 10.4. The predicted octanol–water partition coefficient (Wildman–Crippen LogP) is 3.75. The van der Waals surface area contributed by atoms with Gasteiger partial charge in [-0.15, -0.1) is 0 Å². The Kier molecular flexibility index (Phi) is 3.04. The van der Waals surface area contributed by atoms with Crippen molar-refractivity contribution in [2.75, 3.05) is 0 Å². The lowest BCUT2D eigenvalue weighted by molar-refractivity contribution is 0.597. The fourth-order valence-corrected chi connectivity index (χ4v) is 2.05. The van der Waals surface area contributed by atoms with E-state index in [0.717, 1.165) is 4.47 Å². The topological polar surface area (TPSA) is 17.1 Å². The molecule has 0 amide bonds. The van der Waals surface area contributed by atoms with E-state index in [1.807, 2.05) is 0 Å². The maximum absolute atomic E-state index is 11.0. The smallest absolute Gasteiger partial charge is 0.281 e. The zero-order valence-electron chi connectivity index (χ0n) is 5.30. The van der Waals surface area contributed by atoms with Crippen molar-refractivity contribution in [3.05, 3.63) is 28.7 Å². The average Bonchev–Trinajstić information content (AvgIpc) is 1.86. The average molecular weight is 274 g/mol. The fraction of sp³-hybridized carbons (Fsp3) is 0. The van der Waals surface area contributed by atoms with Gasteiger partial charge in [0.25, 0.3) is 5.85 Å². The van der Waals surface area contributed by atoms with E-state index in [0.29, 0.717) is 5.30 Å². The Morgan fingerprint density at radius 1 is 1.18 bits per heavy atom. The lowest BCUT2D eigenvalue weighted by Gasteiger charge is -2.00. The van der Waals surface area contributed by atoms with Crippen molar-refractivity contribution in [3.8, 4) is 0 Å². The molecule has 0 spiro atoms. The van der Waals surface area contributed by atoms with Crippen LogP contribution in [0.15, 0.2) is 28.7 Å². The Bertz CT molecular complexity index is 292. The lowest BCUT2D eigenvalue weighted by Crippen LogP contribution is -1.94. The zero-order valence-corrected chi connectivity index (χ0v) is 9.29.